The van der Waals surface area contributed by atoms with Gasteiger partial charge in [-0.2, -0.15) is 0 Å². The standard InChI is InChI=1S/C26H35N3O3/c1-25(2,17-30)16-26(3,4)18-32-15-23-27-22-10-8-7-9-21(22)24(28-23)29(5)19-11-13-20(31-6)14-12-19/h7-14,30H,15-18H2,1-6H3. The van der Waals surface area contributed by atoms with Gasteiger partial charge in [-0.25, -0.2) is 9.97 Å². The smallest absolute Gasteiger partial charge is 0.157 e. The molecular formula is C26H35N3O3. The first-order valence-electron chi connectivity index (χ1n) is 11.0. The summed E-state index contributed by atoms with van der Waals surface area (Å²) in [5.74, 6) is 2.30. The first kappa shape index (κ1) is 24.0. The number of aliphatic hydroxyl groups is 1. The van der Waals surface area contributed by atoms with Gasteiger partial charge >= 0.3 is 0 Å². The normalized spacial score (nSPS) is 12.2. The van der Waals surface area contributed by atoms with Crippen LogP contribution in [0.5, 0.6) is 5.75 Å². The summed E-state index contributed by atoms with van der Waals surface area (Å²) in [6.45, 7) is 9.52. The molecule has 0 amide bonds. The van der Waals surface area contributed by atoms with E-state index in [9.17, 15) is 5.11 Å². The largest absolute Gasteiger partial charge is 0.497 e. The molecule has 0 radical (unpaired) electrons. The Kier molecular flexibility index (Phi) is 7.36. The van der Waals surface area contributed by atoms with Crippen LogP contribution in [0.4, 0.5) is 11.5 Å². The van der Waals surface area contributed by atoms with Crippen molar-refractivity contribution in [2.24, 2.45) is 10.8 Å². The Morgan fingerprint density at radius 2 is 1.62 bits per heavy atom. The molecule has 6 nitrogen and oxygen atoms in total. The number of hydrogen-bond acceptors (Lipinski definition) is 6. The third kappa shape index (κ3) is 5.96. The monoisotopic (exact) mass is 437 g/mol. The molecule has 32 heavy (non-hydrogen) atoms. The lowest BCUT2D eigenvalue weighted by atomic mass is 9.76. The van der Waals surface area contributed by atoms with E-state index in [1.54, 1.807) is 7.11 Å². The zero-order chi connectivity index (χ0) is 23.4. The molecule has 0 atom stereocenters. The van der Waals surface area contributed by atoms with E-state index in [0.29, 0.717) is 19.0 Å². The maximum absolute atomic E-state index is 9.59. The number of anilines is 2. The highest BCUT2D eigenvalue weighted by Gasteiger charge is 2.28. The Morgan fingerprint density at radius 3 is 2.28 bits per heavy atom. The number of hydrogen-bond donors (Lipinski definition) is 1. The van der Waals surface area contributed by atoms with E-state index in [-0.39, 0.29) is 17.4 Å². The van der Waals surface area contributed by atoms with Crippen LogP contribution in [0.2, 0.25) is 0 Å². The van der Waals surface area contributed by atoms with E-state index in [0.717, 1.165) is 34.6 Å². The van der Waals surface area contributed by atoms with Gasteiger partial charge in [0.05, 0.1) is 19.2 Å². The van der Waals surface area contributed by atoms with Crippen LogP contribution in [0.1, 0.15) is 39.9 Å². The predicted octanol–water partition coefficient (Wildman–Crippen LogP) is 5.36. The Morgan fingerprint density at radius 1 is 0.938 bits per heavy atom. The Labute approximate surface area is 191 Å². The first-order chi connectivity index (χ1) is 15.1. The topological polar surface area (TPSA) is 67.7 Å². The average molecular weight is 438 g/mol. The van der Waals surface area contributed by atoms with Gasteiger partial charge in [-0.15, -0.1) is 0 Å². The molecule has 6 heteroatoms. The molecule has 172 valence electrons. The molecular weight excluding hydrogens is 402 g/mol. The molecule has 0 aliphatic rings. The van der Waals surface area contributed by atoms with E-state index in [1.807, 2.05) is 55.6 Å². The second-order valence-corrected chi connectivity index (χ2v) is 9.89. The summed E-state index contributed by atoms with van der Waals surface area (Å²) >= 11 is 0. The number of para-hydroxylation sites is 1. The number of aromatic nitrogens is 2. The number of rotatable bonds is 10. The van der Waals surface area contributed by atoms with Crippen LogP contribution in [0.15, 0.2) is 48.5 Å². The van der Waals surface area contributed by atoms with E-state index in [4.69, 9.17) is 19.4 Å². The number of benzene rings is 2. The number of ether oxygens (including phenoxy) is 2. The van der Waals surface area contributed by atoms with Crippen molar-refractivity contribution in [2.75, 3.05) is 32.3 Å². The molecule has 1 heterocycles. The van der Waals surface area contributed by atoms with Crippen LogP contribution in [-0.2, 0) is 11.3 Å². The lowest BCUT2D eigenvalue weighted by Crippen LogP contribution is -2.29. The Balaban J connectivity index is 1.81. The van der Waals surface area contributed by atoms with Crippen LogP contribution < -0.4 is 9.64 Å². The Bertz CT molecular complexity index is 1030. The van der Waals surface area contributed by atoms with E-state index >= 15 is 0 Å². The minimum Gasteiger partial charge on any atom is -0.497 e. The molecule has 0 fully saturated rings. The molecule has 0 saturated carbocycles. The Hall–Kier alpha value is -2.70. The number of aliphatic hydroxyl groups excluding tert-OH is 1. The number of nitrogens with zero attached hydrogens (tertiary/aromatic N) is 3. The quantitative estimate of drug-likeness (QED) is 0.461. The maximum Gasteiger partial charge on any atom is 0.157 e. The van der Waals surface area contributed by atoms with Gasteiger partial charge in [0.1, 0.15) is 18.2 Å². The van der Waals surface area contributed by atoms with Gasteiger partial charge in [0.25, 0.3) is 0 Å². The minimum absolute atomic E-state index is 0.0637. The minimum atomic E-state index is -0.138. The fourth-order valence-corrected chi connectivity index (χ4v) is 4.18. The van der Waals surface area contributed by atoms with Gasteiger partial charge in [0.15, 0.2) is 5.82 Å². The van der Waals surface area contributed by atoms with E-state index in [1.165, 1.54) is 0 Å². The summed E-state index contributed by atoms with van der Waals surface area (Å²) < 4.78 is 11.3. The first-order valence-corrected chi connectivity index (χ1v) is 11.0. The van der Waals surface area contributed by atoms with Crippen molar-refractivity contribution in [3.05, 3.63) is 54.4 Å². The van der Waals surface area contributed by atoms with Crippen LogP contribution in [0.25, 0.3) is 10.9 Å². The average Bonchev–Trinajstić information content (AvgIpc) is 2.77. The van der Waals surface area contributed by atoms with Gasteiger partial charge in [0, 0.05) is 24.7 Å². The summed E-state index contributed by atoms with van der Waals surface area (Å²) in [7, 11) is 3.66. The molecule has 3 rings (SSSR count). The summed E-state index contributed by atoms with van der Waals surface area (Å²) in [4.78, 5) is 11.6. The fourth-order valence-electron chi connectivity index (χ4n) is 4.18. The van der Waals surface area contributed by atoms with Crippen LogP contribution in [0, 0.1) is 10.8 Å². The van der Waals surface area contributed by atoms with Crippen molar-refractivity contribution in [1.82, 2.24) is 9.97 Å². The molecule has 0 aliphatic heterocycles. The molecule has 0 aliphatic carbocycles. The molecule has 1 N–H and O–H groups in total. The van der Waals surface area contributed by atoms with Crippen LogP contribution >= 0.6 is 0 Å². The van der Waals surface area contributed by atoms with Gasteiger partial charge in [0.2, 0.25) is 0 Å². The van der Waals surface area contributed by atoms with Gasteiger partial charge in [-0.05, 0) is 53.6 Å². The summed E-state index contributed by atoms with van der Waals surface area (Å²) in [5.41, 5.74) is 1.69. The highest BCUT2D eigenvalue weighted by atomic mass is 16.5. The van der Waals surface area contributed by atoms with E-state index in [2.05, 4.69) is 32.6 Å². The van der Waals surface area contributed by atoms with Crippen molar-refractivity contribution in [1.29, 1.82) is 0 Å². The third-order valence-electron chi connectivity index (χ3n) is 5.52. The van der Waals surface area contributed by atoms with Crippen molar-refractivity contribution >= 4 is 22.4 Å². The van der Waals surface area contributed by atoms with Crippen molar-refractivity contribution in [2.45, 2.75) is 40.7 Å². The lowest BCUT2D eigenvalue weighted by molar-refractivity contribution is 0.0129. The van der Waals surface area contributed by atoms with Gasteiger partial charge < -0.3 is 19.5 Å². The second-order valence-electron chi connectivity index (χ2n) is 9.89. The van der Waals surface area contributed by atoms with Crippen LogP contribution in [0.3, 0.4) is 0 Å². The second kappa shape index (κ2) is 9.84. The van der Waals surface area contributed by atoms with Gasteiger partial charge in [-0.1, -0.05) is 39.8 Å². The third-order valence-corrected chi connectivity index (χ3v) is 5.52. The summed E-state index contributed by atoms with van der Waals surface area (Å²) in [6, 6.07) is 15.9. The van der Waals surface area contributed by atoms with Crippen LogP contribution in [-0.4, -0.2) is 42.4 Å². The highest BCUT2D eigenvalue weighted by Crippen LogP contribution is 2.34. The number of fused-ring (bicyclic) bond motifs is 1. The lowest BCUT2D eigenvalue weighted by Gasteiger charge is -2.33. The summed E-state index contributed by atoms with van der Waals surface area (Å²) in [5, 5.41) is 10.6. The fraction of sp³-hybridized carbons (Fsp3) is 0.462. The molecule has 0 bridgehead atoms. The molecule has 3 aromatic rings. The van der Waals surface area contributed by atoms with Crippen molar-refractivity contribution < 1.29 is 14.6 Å². The molecule has 0 spiro atoms. The summed E-state index contributed by atoms with van der Waals surface area (Å²) in [6.07, 6.45) is 0.862. The van der Waals surface area contributed by atoms with E-state index < -0.39 is 0 Å². The zero-order valence-corrected chi connectivity index (χ0v) is 20.1. The molecule has 1 aromatic heterocycles. The highest BCUT2D eigenvalue weighted by molar-refractivity contribution is 5.91. The molecule has 2 aromatic carbocycles. The van der Waals surface area contributed by atoms with Crippen molar-refractivity contribution in [3.63, 3.8) is 0 Å². The zero-order valence-electron chi connectivity index (χ0n) is 20.1. The molecule has 0 saturated heterocycles. The van der Waals surface area contributed by atoms with Crippen molar-refractivity contribution in [3.8, 4) is 5.75 Å². The molecule has 0 unspecified atom stereocenters. The predicted molar refractivity (Wildman–Crippen MR) is 130 cm³/mol. The SMILES string of the molecule is COc1ccc(N(C)c2nc(COCC(C)(C)CC(C)(C)CO)nc3ccccc23)cc1. The van der Waals surface area contributed by atoms with Gasteiger partial charge in [-0.3, -0.25) is 0 Å². The maximum atomic E-state index is 9.59. The number of methoxy groups -OCH3 is 1.